The molecule has 0 aliphatic rings. The molecule has 0 aliphatic carbocycles. The lowest BCUT2D eigenvalue weighted by molar-refractivity contribution is -0.136. The van der Waals surface area contributed by atoms with E-state index in [2.05, 4.69) is 52.5 Å². The van der Waals surface area contributed by atoms with Crippen LogP contribution in [0.15, 0.2) is 53.6 Å². The van der Waals surface area contributed by atoms with E-state index in [4.69, 9.17) is 4.74 Å². The Hall–Kier alpha value is -3.87. The number of rotatable bonds is 5. The van der Waals surface area contributed by atoms with Crippen molar-refractivity contribution in [1.82, 2.24) is 9.99 Å². The lowest BCUT2D eigenvalue weighted by Gasteiger charge is -2.13. The van der Waals surface area contributed by atoms with Gasteiger partial charge in [0.15, 0.2) is 0 Å². The number of amides is 2. The number of carbonyl (C=O) groups excluding carboxylic acids is 2. The summed E-state index contributed by atoms with van der Waals surface area (Å²) in [6, 6.07) is 15.2. The van der Waals surface area contributed by atoms with Crippen molar-refractivity contribution in [2.24, 2.45) is 5.10 Å². The summed E-state index contributed by atoms with van der Waals surface area (Å²) in [6.07, 6.45) is 1.54. The number of hydrogen-bond acceptors (Lipinski definition) is 4. The maximum Gasteiger partial charge on any atom is 0.329 e. The molecule has 2 aromatic carbocycles. The molecule has 1 heterocycles. The Morgan fingerprint density at radius 3 is 2.48 bits per heavy atom. The predicted molar refractivity (Wildman–Crippen MR) is 122 cm³/mol. The van der Waals surface area contributed by atoms with Gasteiger partial charge in [-0.15, -0.1) is 0 Å². The Labute approximate surface area is 181 Å². The van der Waals surface area contributed by atoms with Crippen molar-refractivity contribution in [1.29, 1.82) is 0 Å². The van der Waals surface area contributed by atoms with E-state index >= 15 is 0 Å². The van der Waals surface area contributed by atoms with Gasteiger partial charge in [-0.25, -0.2) is 5.43 Å². The Kier molecular flexibility index (Phi) is 6.55. The molecule has 3 rings (SSSR count). The zero-order chi connectivity index (χ0) is 22.5. The van der Waals surface area contributed by atoms with Crippen LogP contribution in [0.25, 0.3) is 5.69 Å². The van der Waals surface area contributed by atoms with E-state index in [0.717, 1.165) is 28.2 Å². The van der Waals surface area contributed by atoms with Gasteiger partial charge in [-0.05, 0) is 63.1 Å². The number of para-hydroxylation sites is 2. The minimum Gasteiger partial charge on any atom is -0.495 e. The average Bonchev–Trinajstić information content (AvgIpc) is 3.03. The van der Waals surface area contributed by atoms with Crippen LogP contribution in [0.2, 0.25) is 0 Å². The Morgan fingerprint density at radius 1 is 1.00 bits per heavy atom. The smallest absolute Gasteiger partial charge is 0.329 e. The number of hydrazone groups is 1. The quantitative estimate of drug-likeness (QED) is 0.375. The number of methoxy groups -OCH3 is 1. The second-order valence-corrected chi connectivity index (χ2v) is 7.31. The first kappa shape index (κ1) is 21.8. The van der Waals surface area contributed by atoms with Gasteiger partial charge < -0.3 is 14.6 Å². The number of anilines is 1. The van der Waals surface area contributed by atoms with Crippen LogP contribution in [-0.2, 0) is 9.59 Å². The second-order valence-electron chi connectivity index (χ2n) is 7.31. The maximum atomic E-state index is 12.1. The predicted octanol–water partition coefficient (Wildman–Crippen LogP) is 3.81. The summed E-state index contributed by atoms with van der Waals surface area (Å²) in [6.45, 7) is 8.14. The van der Waals surface area contributed by atoms with Crippen molar-refractivity contribution < 1.29 is 14.3 Å². The second kappa shape index (κ2) is 9.30. The van der Waals surface area contributed by atoms with Crippen LogP contribution in [-0.4, -0.2) is 29.7 Å². The van der Waals surface area contributed by atoms with Gasteiger partial charge in [-0.3, -0.25) is 9.59 Å². The van der Waals surface area contributed by atoms with Crippen molar-refractivity contribution in [3.8, 4) is 11.4 Å². The van der Waals surface area contributed by atoms with E-state index < -0.39 is 11.8 Å². The van der Waals surface area contributed by atoms with E-state index in [9.17, 15) is 9.59 Å². The normalized spacial score (nSPS) is 10.9. The van der Waals surface area contributed by atoms with Crippen LogP contribution < -0.4 is 15.5 Å². The van der Waals surface area contributed by atoms with E-state index in [1.54, 1.807) is 24.3 Å². The molecule has 7 nitrogen and oxygen atoms in total. The molecule has 0 bridgehead atoms. The van der Waals surface area contributed by atoms with E-state index in [1.165, 1.54) is 18.9 Å². The van der Waals surface area contributed by atoms with Gasteiger partial charge in [-0.1, -0.05) is 24.3 Å². The minimum atomic E-state index is -0.870. The lowest BCUT2D eigenvalue weighted by Crippen LogP contribution is -2.32. The molecule has 160 valence electrons. The van der Waals surface area contributed by atoms with Gasteiger partial charge in [0.2, 0.25) is 0 Å². The first-order valence-electron chi connectivity index (χ1n) is 9.85. The number of hydrogen-bond donors (Lipinski definition) is 2. The summed E-state index contributed by atoms with van der Waals surface area (Å²) >= 11 is 0. The van der Waals surface area contributed by atoms with E-state index in [-0.39, 0.29) is 0 Å². The van der Waals surface area contributed by atoms with Crippen molar-refractivity contribution in [2.45, 2.75) is 27.7 Å². The summed E-state index contributed by atoms with van der Waals surface area (Å²) in [5, 5.41) is 6.48. The number of ether oxygens (including phenoxy) is 1. The van der Waals surface area contributed by atoms with Gasteiger partial charge in [0.1, 0.15) is 5.75 Å². The molecule has 0 saturated heterocycles. The van der Waals surface area contributed by atoms with Crippen molar-refractivity contribution >= 4 is 23.7 Å². The summed E-state index contributed by atoms with van der Waals surface area (Å²) < 4.78 is 7.32. The number of nitrogens with one attached hydrogen (secondary N) is 2. The maximum absolute atomic E-state index is 12.1. The summed E-state index contributed by atoms with van der Waals surface area (Å²) in [5.41, 5.74) is 9.02. The van der Waals surface area contributed by atoms with E-state index in [0.29, 0.717) is 11.4 Å². The third-order valence-corrected chi connectivity index (χ3v) is 5.01. The number of benzene rings is 2. The highest BCUT2D eigenvalue weighted by Gasteiger charge is 2.15. The zero-order valence-corrected chi connectivity index (χ0v) is 18.3. The zero-order valence-electron chi connectivity index (χ0n) is 18.3. The van der Waals surface area contributed by atoms with Crippen LogP contribution in [0.3, 0.4) is 0 Å². The minimum absolute atomic E-state index is 0.409. The first-order chi connectivity index (χ1) is 14.8. The summed E-state index contributed by atoms with van der Waals surface area (Å²) in [7, 11) is 1.49. The monoisotopic (exact) mass is 418 g/mol. The van der Waals surface area contributed by atoms with Gasteiger partial charge in [0, 0.05) is 22.6 Å². The average molecular weight is 418 g/mol. The van der Waals surface area contributed by atoms with Crippen LogP contribution >= 0.6 is 0 Å². The van der Waals surface area contributed by atoms with Gasteiger partial charge in [-0.2, -0.15) is 5.10 Å². The molecule has 0 spiro atoms. The molecule has 2 amide bonds. The molecule has 1 aromatic heterocycles. The molecule has 0 fully saturated rings. The largest absolute Gasteiger partial charge is 0.495 e. The highest BCUT2D eigenvalue weighted by atomic mass is 16.5. The van der Waals surface area contributed by atoms with Crippen LogP contribution in [0.4, 0.5) is 5.69 Å². The number of aryl methyl sites for hydroxylation is 3. The third-order valence-electron chi connectivity index (χ3n) is 5.01. The number of carbonyl (C=O) groups is 2. The highest BCUT2D eigenvalue weighted by Crippen LogP contribution is 2.24. The van der Waals surface area contributed by atoms with Crippen molar-refractivity contribution in [3.05, 3.63) is 76.6 Å². The fourth-order valence-corrected chi connectivity index (χ4v) is 3.39. The number of nitrogens with zero attached hydrogens (tertiary/aromatic N) is 2. The molecule has 31 heavy (non-hydrogen) atoms. The Morgan fingerprint density at radius 2 is 1.74 bits per heavy atom. The Balaban J connectivity index is 1.72. The first-order valence-corrected chi connectivity index (χ1v) is 9.85. The summed E-state index contributed by atoms with van der Waals surface area (Å²) in [5.74, 6) is -1.24. The molecular weight excluding hydrogens is 392 g/mol. The summed E-state index contributed by atoms with van der Waals surface area (Å²) in [4.78, 5) is 24.3. The molecule has 7 heteroatoms. The molecule has 0 unspecified atom stereocenters. The fraction of sp³-hybridized carbons (Fsp3) is 0.208. The van der Waals surface area contributed by atoms with Crippen molar-refractivity contribution in [2.75, 3.05) is 12.4 Å². The standard InChI is InChI=1S/C24H26N4O3/c1-15-10-11-16(2)21(12-15)28-17(3)13-19(18(28)4)14-25-27-24(30)23(29)26-20-8-6-7-9-22(20)31-5/h6-14H,1-5H3,(H,26,29)(H,27,30)/b25-14-. The molecule has 3 aromatic rings. The topological polar surface area (TPSA) is 84.7 Å². The van der Waals surface area contributed by atoms with Crippen LogP contribution in [0.1, 0.15) is 28.1 Å². The van der Waals surface area contributed by atoms with Gasteiger partial charge >= 0.3 is 11.8 Å². The van der Waals surface area contributed by atoms with Crippen LogP contribution in [0, 0.1) is 27.7 Å². The number of aromatic nitrogens is 1. The van der Waals surface area contributed by atoms with E-state index in [1.807, 2.05) is 19.9 Å². The fourth-order valence-electron chi connectivity index (χ4n) is 3.39. The molecule has 2 N–H and O–H groups in total. The van der Waals surface area contributed by atoms with Gasteiger partial charge in [0.25, 0.3) is 0 Å². The van der Waals surface area contributed by atoms with Crippen LogP contribution in [0.5, 0.6) is 5.75 Å². The molecule has 0 radical (unpaired) electrons. The molecule has 0 aliphatic heterocycles. The highest BCUT2D eigenvalue weighted by molar-refractivity contribution is 6.39. The lowest BCUT2D eigenvalue weighted by atomic mass is 10.1. The SMILES string of the molecule is COc1ccccc1NC(=O)C(=O)N/N=C\c1cc(C)n(-c2cc(C)ccc2C)c1C. The van der Waals surface area contributed by atoms with Crippen molar-refractivity contribution in [3.63, 3.8) is 0 Å². The Bertz CT molecular complexity index is 1160. The molecule has 0 atom stereocenters. The molecule has 0 saturated carbocycles. The third kappa shape index (κ3) is 4.83. The van der Waals surface area contributed by atoms with Gasteiger partial charge in [0.05, 0.1) is 19.0 Å². The molecular formula is C24H26N4O3.